The molecular formula is C29H28N2O4. The van der Waals surface area contributed by atoms with Gasteiger partial charge in [-0.15, -0.1) is 6.42 Å². The maximum atomic E-state index is 13.7. The van der Waals surface area contributed by atoms with E-state index in [1.807, 2.05) is 0 Å². The summed E-state index contributed by atoms with van der Waals surface area (Å²) in [6.45, 7) is 4.18. The highest BCUT2D eigenvalue weighted by Gasteiger charge is 2.48. The van der Waals surface area contributed by atoms with E-state index in [1.54, 1.807) is 17.6 Å². The van der Waals surface area contributed by atoms with Crippen molar-refractivity contribution < 1.29 is 14.6 Å². The van der Waals surface area contributed by atoms with Crippen molar-refractivity contribution in [1.29, 1.82) is 0 Å². The number of aromatic nitrogens is 2. The maximum Gasteiger partial charge on any atom is 0.344 e. The number of carbonyl (C=O) groups is 1. The second-order valence-electron chi connectivity index (χ2n) is 9.96. The van der Waals surface area contributed by atoms with Crippen LogP contribution in [0.25, 0.3) is 22.3 Å². The third-order valence-corrected chi connectivity index (χ3v) is 8.20. The molecule has 3 aliphatic rings. The van der Waals surface area contributed by atoms with Crippen molar-refractivity contribution in [1.82, 2.24) is 9.55 Å². The molecule has 178 valence electrons. The fourth-order valence-corrected chi connectivity index (χ4v) is 6.21. The standard InChI is InChI=1S/C29H28N2O4/c1-4-16-11-12-19(17-9-7-8-10-17)20-13-18-15-31-22(26(18)30-25(16)20)14-21-24(27(31)32)23(5-2)35-28(33)29(21,34)6-3/h2,11-14,17,23,34H,4,6-10,15H2,1,3H3/t23?,29-/m0/s1. The Morgan fingerprint density at radius 3 is 2.69 bits per heavy atom. The molecule has 35 heavy (non-hydrogen) atoms. The van der Waals surface area contributed by atoms with Gasteiger partial charge in [-0.2, -0.15) is 0 Å². The van der Waals surface area contributed by atoms with Gasteiger partial charge in [-0.1, -0.05) is 44.7 Å². The van der Waals surface area contributed by atoms with Crippen molar-refractivity contribution in [2.24, 2.45) is 0 Å². The normalized spacial score (nSPS) is 23.0. The van der Waals surface area contributed by atoms with Crippen molar-refractivity contribution in [3.05, 3.63) is 62.4 Å². The average molecular weight is 469 g/mol. The Balaban J connectivity index is 1.61. The molecule has 1 aromatic carbocycles. The molecule has 6 nitrogen and oxygen atoms in total. The van der Waals surface area contributed by atoms with Crippen LogP contribution in [0.5, 0.6) is 0 Å². The summed E-state index contributed by atoms with van der Waals surface area (Å²) in [6, 6.07) is 8.37. The Kier molecular flexibility index (Phi) is 4.91. The molecule has 1 unspecified atom stereocenters. The number of nitrogens with zero attached hydrogens (tertiary/aromatic N) is 2. The number of hydrogen-bond acceptors (Lipinski definition) is 5. The molecule has 0 spiro atoms. The van der Waals surface area contributed by atoms with Crippen LogP contribution in [-0.4, -0.2) is 20.6 Å². The number of terminal acetylenes is 1. The summed E-state index contributed by atoms with van der Waals surface area (Å²) in [5.74, 6) is 2.13. The molecule has 6 heteroatoms. The zero-order valence-corrected chi connectivity index (χ0v) is 20.1. The number of benzene rings is 1. The second kappa shape index (κ2) is 7.79. The highest BCUT2D eigenvalue weighted by atomic mass is 16.6. The van der Waals surface area contributed by atoms with Gasteiger partial charge in [0.05, 0.1) is 29.0 Å². The summed E-state index contributed by atoms with van der Waals surface area (Å²) in [5, 5.41) is 12.4. The lowest BCUT2D eigenvalue weighted by molar-refractivity contribution is -0.174. The number of aryl methyl sites for hydroxylation is 1. The molecule has 0 radical (unpaired) electrons. The molecule has 1 aliphatic carbocycles. The summed E-state index contributed by atoms with van der Waals surface area (Å²) < 4.78 is 6.95. The lowest BCUT2D eigenvalue weighted by Gasteiger charge is -2.34. The molecule has 0 saturated heterocycles. The third-order valence-electron chi connectivity index (χ3n) is 8.20. The van der Waals surface area contributed by atoms with Crippen LogP contribution in [-0.2, 0) is 28.1 Å². The Labute approximate surface area is 204 Å². The zero-order chi connectivity index (χ0) is 24.5. The van der Waals surface area contributed by atoms with Crippen LogP contribution in [0.15, 0.2) is 29.1 Å². The number of carbonyl (C=O) groups excluding carboxylic acids is 1. The average Bonchev–Trinajstić information content (AvgIpc) is 3.53. The molecule has 6 rings (SSSR count). The summed E-state index contributed by atoms with van der Waals surface area (Å²) in [7, 11) is 0. The molecule has 4 heterocycles. The summed E-state index contributed by atoms with van der Waals surface area (Å²) in [6.07, 6.45) is 10.3. The number of pyridine rings is 2. The van der Waals surface area contributed by atoms with E-state index in [4.69, 9.17) is 16.1 Å². The molecule has 2 atom stereocenters. The molecule has 1 saturated carbocycles. The van der Waals surface area contributed by atoms with Gasteiger partial charge in [0.2, 0.25) is 0 Å². The Morgan fingerprint density at radius 1 is 1.23 bits per heavy atom. The third kappa shape index (κ3) is 2.98. The van der Waals surface area contributed by atoms with E-state index in [1.165, 1.54) is 42.2 Å². The predicted octanol–water partition coefficient (Wildman–Crippen LogP) is 4.47. The van der Waals surface area contributed by atoms with Crippen LogP contribution in [0.1, 0.15) is 85.8 Å². The molecule has 0 amide bonds. The van der Waals surface area contributed by atoms with E-state index < -0.39 is 17.7 Å². The van der Waals surface area contributed by atoms with E-state index in [9.17, 15) is 14.7 Å². The van der Waals surface area contributed by atoms with Gasteiger partial charge in [0.1, 0.15) is 0 Å². The van der Waals surface area contributed by atoms with Gasteiger partial charge >= 0.3 is 5.97 Å². The second-order valence-corrected chi connectivity index (χ2v) is 9.96. The topological polar surface area (TPSA) is 81.4 Å². The molecular weight excluding hydrogens is 440 g/mol. The van der Waals surface area contributed by atoms with Crippen LogP contribution >= 0.6 is 0 Å². The highest BCUT2D eigenvalue weighted by Crippen LogP contribution is 2.43. The molecule has 2 aromatic heterocycles. The van der Waals surface area contributed by atoms with Crippen LogP contribution in [0.4, 0.5) is 0 Å². The van der Waals surface area contributed by atoms with Crippen molar-refractivity contribution in [3.8, 4) is 23.7 Å². The Hall–Kier alpha value is -3.43. The molecule has 3 aromatic rings. The van der Waals surface area contributed by atoms with E-state index >= 15 is 0 Å². The van der Waals surface area contributed by atoms with Crippen LogP contribution in [0.2, 0.25) is 0 Å². The first-order chi connectivity index (χ1) is 16.9. The van der Waals surface area contributed by atoms with Gasteiger partial charge in [-0.05, 0) is 54.9 Å². The van der Waals surface area contributed by atoms with Gasteiger partial charge in [-0.25, -0.2) is 9.78 Å². The summed E-state index contributed by atoms with van der Waals surface area (Å²) in [5.41, 5.74) is 3.94. The van der Waals surface area contributed by atoms with E-state index in [0.29, 0.717) is 18.2 Å². The van der Waals surface area contributed by atoms with Gasteiger partial charge in [-0.3, -0.25) is 4.79 Å². The Bertz CT molecular complexity index is 1510. The first-order valence-electron chi connectivity index (χ1n) is 12.5. The van der Waals surface area contributed by atoms with Gasteiger partial charge in [0.15, 0.2) is 11.7 Å². The van der Waals surface area contributed by atoms with E-state index in [0.717, 1.165) is 23.2 Å². The summed E-state index contributed by atoms with van der Waals surface area (Å²) in [4.78, 5) is 31.5. The lowest BCUT2D eigenvalue weighted by atomic mass is 9.83. The molecule has 1 fully saturated rings. The molecule has 0 bridgehead atoms. The first kappa shape index (κ1) is 22.1. The number of cyclic esters (lactones) is 1. The number of aliphatic hydroxyl groups is 1. The lowest BCUT2D eigenvalue weighted by Crippen LogP contribution is -2.45. The SMILES string of the molecule is C#CC1OC(=O)[C@](O)(CC)c2cc3n(c(=O)c21)Cc1cc2c(C4CCCC4)ccc(CC)c2nc1-3. The van der Waals surface area contributed by atoms with Crippen molar-refractivity contribution >= 4 is 16.9 Å². The van der Waals surface area contributed by atoms with Crippen LogP contribution < -0.4 is 5.56 Å². The minimum Gasteiger partial charge on any atom is -0.442 e. The minimum atomic E-state index is -1.92. The molecule has 1 N–H and O–H groups in total. The maximum absolute atomic E-state index is 13.7. The number of rotatable bonds is 3. The summed E-state index contributed by atoms with van der Waals surface area (Å²) >= 11 is 0. The number of esters is 1. The van der Waals surface area contributed by atoms with E-state index in [2.05, 4.69) is 31.0 Å². The molecule has 2 aliphatic heterocycles. The van der Waals surface area contributed by atoms with Gasteiger partial charge in [0.25, 0.3) is 5.56 Å². The van der Waals surface area contributed by atoms with E-state index in [-0.39, 0.29) is 23.1 Å². The van der Waals surface area contributed by atoms with Crippen molar-refractivity contribution in [3.63, 3.8) is 0 Å². The zero-order valence-electron chi connectivity index (χ0n) is 20.1. The van der Waals surface area contributed by atoms with Crippen molar-refractivity contribution in [2.75, 3.05) is 0 Å². The minimum absolute atomic E-state index is 0.0712. The fraction of sp³-hybridized carbons (Fsp3) is 0.414. The number of ether oxygens (including phenoxy) is 1. The quantitative estimate of drug-likeness (QED) is 0.354. The van der Waals surface area contributed by atoms with Crippen molar-refractivity contribution in [2.45, 2.75) is 76.5 Å². The van der Waals surface area contributed by atoms with Crippen LogP contribution in [0, 0.1) is 12.3 Å². The monoisotopic (exact) mass is 468 g/mol. The largest absolute Gasteiger partial charge is 0.442 e. The fourth-order valence-electron chi connectivity index (χ4n) is 6.21. The number of fused-ring (bicyclic) bond motifs is 5. The van der Waals surface area contributed by atoms with Gasteiger partial charge < -0.3 is 14.4 Å². The van der Waals surface area contributed by atoms with Crippen LogP contribution in [0.3, 0.4) is 0 Å². The van der Waals surface area contributed by atoms with Gasteiger partial charge in [0, 0.05) is 16.5 Å². The predicted molar refractivity (Wildman–Crippen MR) is 133 cm³/mol. The smallest absolute Gasteiger partial charge is 0.344 e. The Morgan fingerprint density at radius 2 is 2.00 bits per heavy atom. The first-order valence-corrected chi connectivity index (χ1v) is 12.5. The highest BCUT2D eigenvalue weighted by molar-refractivity contribution is 5.90. The number of hydrogen-bond donors (Lipinski definition) is 1.